The van der Waals surface area contributed by atoms with Crippen LogP contribution in [0.25, 0.3) is 0 Å². The standard InChI is InChI=1S/C14H18ClFN2/c15-12-8-11(4-5-13(12)16)18-7-1-6-17-14(9-18)10-2-3-10/h4-5,8,10,14,17H,1-3,6-7,9H2. The van der Waals surface area contributed by atoms with Crippen LogP contribution in [0.5, 0.6) is 0 Å². The Bertz CT molecular complexity index is 434. The Morgan fingerprint density at radius 3 is 2.89 bits per heavy atom. The highest BCUT2D eigenvalue weighted by molar-refractivity contribution is 6.31. The van der Waals surface area contributed by atoms with Gasteiger partial charge in [-0.3, -0.25) is 0 Å². The zero-order valence-electron chi connectivity index (χ0n) is 10.3. The number of benzene rings is 1. The Labute approximate surface area is 112 Å². The van der Waals surface area contributed by atoms with E-state index in [1.165, 1.54) is 18.9 Å². The van der Waals surface area contributed by atoms with E-state index in [0.29, 0.717) is 6.04 Å². The summed E-state index contributed by atoms with van der Waals surface area (Å²) in [5, 5.41) is 3.84. The molecule has 1 aliphatic carbocycles. The van der Waals surface area contributed by atoms with Gasteiger partial charge in [0.05, 0.1) is 5.02 Å². The van der Waals surface area contributed by atoms with Crippen molar-refractivity contribution >= 4 is 17.3 Å². The van der Waals surface area contributed by atoms with Crippen molar-refractivity contribution in [2.24, 2.45) is 5.92 Å². The summed E-state index contributed by atoms with van der Waals surface area (Å²) in [6.07, 6.45) is 3.81. The molecule has 0 aromatic heterocycles. The molecular formula is C14H18ClFN2. The van der Waals surface area contributed by atoms with Crippen LogP contribution in [-0.4, -0.2) is 25.7 Å². The Hall–Kier alpha value is -0.800. The molecule has 2 aliphatic rings. The highest BCUT2D eigenvalue weighted by Gasteiger charge is 2.33. The van der Waals surface area contributed by atoms with Crippen LogP contribution in [0.15, 0.2) is 18.2 Å². The summed E-state index contributed by atoms with van der Waals surface area (Å²) in [6, 6.07) is 5.61. The first kappa shape index (κ1) is 12.2. The second-order valence-corrected chi connectivity index (χ2v) is 5.70. The van der Waals surface area contributed by atoms with Gasteiger partial charge in [-0.25, -0.2) is 4.39 Å². The number of halogens is 2. The van der Waals surface area contributed by atoms with Crippen molar-refractivity contribution in [1.82, 2.24) is 5.32 Å². The Morgan fingerprint density at radius 1 is 1.33 bits per heavy atom. The summed E-state index contributed by atoms with van der Waals surface area (Å²) in [6.45, 7) is 3.09. The zero-order chi connectivity index (χ0) is 12.5. The van der Waals surface area contributed by atoms with Crippen LogP contribution >= 0.6 is 11.6 Å². The number of nitrogens with zero attached hydrogens (tertiary/aromatic N) is 1. The van der Waals surface area contributed by atoms with E-state index in [1.807, 2.05) is 6.07 Å². The SMILES string of the molecule is Fc1ccc(N2CCCNC(C3CC3)C2)cc1Cl. The molecule has 4 heteroatoms. The van der Waals surface area contributed by atoms with E-state index < -0.39 is 0 Å². The van der Waals surface area contributed by atoms with Crippen molar-refractivity contribution in [2.45, 2.75) is 25.3 Å². The predicted molar refractivity (Wildman–Crippen MR) is 72.8 cm³/mol. The van der Waals surface area contributed by atoms with Crippen LogP contribution in [-0.2, 0) is 0 Å². The van der Waals surface area contributed by atoms with Gasteiger partial charge in [-0.2, -0.15) is 0 Å². The van der Waals surface area contributed by atoms with Crippen LogP contribution in [0.4, 0.5) is 10.1 Å². The van der Waals surface area contributed by atoms with Crippen molar-refractivity contribution in [3.05, 3.63) is 29.0 Å². The average molecular weight is 269 g/mol. The van der Waals surface area contributed by atoms with Gasteiger partial charge < -0.3 is 10.2 Å². The molecule has 0 bridgehead atoms. The van der Waals surface area contributed by atoms with Gasteiger partial charge in [0.15, 0.2) is 0 Å². The number of rotatable bonds is 2. The molecular weight excluding hydrogens is 251 g/mol. The lowest BCUT2D eigenvalue weighted by atomic mass is 10.1. The molecule has 1 aromatic rings. The van der Waals surface area contributed by atoms with Gasteiger partial charge in [-0.05, 0) is 49.9 Å². The fourth-order valence-corrected chi connectivity index (χ4v) is 2.86. The first-order valence-corrected chi connectivity index (χ1v) is 7.05. The predicted octanol–water partition coefficient (Wildman–Crippen LogP) is 3.06. The van der Waals surface area contributed by atoms with Crippen molar-refractivity contribution in [3.8, 4) is 0 Å². The summed E-state index contributed by atoms with van der Waals surface area (Å²) >= 11 is 5.87. The van der Waals surface area contributed by atoms with Crippen molar-refractivity contribution in [1.29, 1.82) is 0 Å². The molecule has 1 atom stereocenters. The fraction of sp³-hybridized carbons (Fsp3) is 0.571. The van der Waals surface area contributed by atoms with Gasteiger partial charge >= 0.3 is 0 Å². The summed E-state index contributed by atoms with van der Waals surface area (Å²) in [5.74, 6) is 0.494. The van der Waals surface area contributed by atoms with Gasteiger partial charge in [-0.1, -0.05) is 11.6 Å². The minimum atomic E-state index is -0.341. The fourth-order valence-electron chi connectivity index (χ4n) is 2.68. The molecule has 1 unspecified atom stereocenters. The summed E-state index contributed by atoms with van der Waals surface area (Å²) in [4.78, 5) is 2.33. The third-order valence-electron chi connectivity index (χ3n) is 3.89. The molecule has 1 aromatic carbocycles. The van der Waals surface area contributed by atoms with Gasteiger partial charge in [-0.15, -0.1) is 0 Å². The van der Waals surface area contributed by atoms with Crippen molar-refractivity contribution < 1.29 is 4.39 Å². The first-order chi connectivity index (χ1) is 8.74. The second kappa shape index (κ2) is 5.06. The Kier molecular flexibility index (Phi) is 3.44. The van der Waals surface area contributed by atoms with Crippen LogP contribution in [0.1, 0.15) is 19.3 Å². The normalized spacial score (nSPS) is 25.0. The molecule has 1 saturated heterocycles. The molecule has 1 heterocycles. The summed E-state index contributed by atoms with van der Waals surface area (Å²) < 4.78 is 13.2. The summed E-state index contributed by atoms with van der Waals surface area (Å²) in [5.41, 5.74) is 1.04. The largest absolute Gasteiger partial charge is 0.370 e. The lowest BCUT2D eigenvalue weighted by molar-refractivity contribution is 0.490. The number of hydrogen-bond donors (Lipinski definition) is 1. The highest BCUT2D eigenvalue weighted by atomic mass is 35.5. The smallest absolute Gasteiger partial charge is 0.141 e. The monoisotopic (exact) mass is 268 g/mol. The third kappa shape index (κ3) is 2.62. The zero-order valence-corrected chi connectivity index (χ0v) is 11.1. The van der Waals surface area contributed by atoms with Crippen LogP contribution in [0, 0.1) is 11.7 Å². The van der Waals surface area contributed by atoms with Crippen molar-refractivity contribution in [3.63, 3.8) is 0 Å². The molecule has 1 N–H and O–H groups in total. The van der Waals surface area contributed by atoms with Gasteiger partial charge in [0.1, 0.15) is 5.82 Å². The van der Waals surface area contributed by atoms with E-state index in [-0.39, 0.29) is 10.8 Å². The summed E-state index contributed by atoms with van der Waals surface area (Å²) in [7, 11) is 0. The lowest BCUT2D eigenvalue weighted by Gasteiger charge is -2.26. The number of nitrogens with one attached hydrogen (secondary N) is 1. The van der Waals surface area contributed by atoms with Crippen LogP contribution in [0.2, 0.25) is 5.02 Å². The molecule has 18 heavy (non-hydrogen) atoms. The Morgan fingerprint density at radius 2 is 2.17 bits per heavy atom. The third-order valence-corrected chi connectivity index (χ3v) is 4.18. The van der Waals surface area contributed by atoms with Crippen molar-refractivity contribution in [2.75, 3.05) is 24.5 Å². The molecule has 98 valence electrons. The van der Waals surface area contributed by atoms with Crippen LogP contribution < -0.4 is 10.2 Å². The topological polar surface area (TPSA) is 15.3 Å². The quantitative estimate of drug-likeness (QED) is 0.887. The van der Waals surface area contributed by atoms with E-state index in [1.54, 1.807) is 6.07 Å². The maximum absolute atomic E-state index is 13.2. The molecule has 0 spiro atoms. The van der Waals surface area contributed by atoms with E-state index in [0.717, 1.165) is 37.7 Å². The highest BCUT2D eigenvalue weighted by Crippen LogP contribution is 2.34. The molecule has 2 fully saturated rings. The Balaban J connectivity index is 1.78. The number of hydrogen-bond acceptors (Lipinski definition) is 2. The molecule has 0 radical (unpaired) electrons. The minimum Gasteiger partial charge on any atom is -0.370 e. The van der Waals surface area contributed by atoms with E-state index in [9.17, 15) is 4.39 Å². The number of anilines is 1. The van der Waals surface area contributed by atoms with Gasteiger partial charge in [0.25, 0.3) is 0 Å². The maximum Gasteiger partial charge on any atom is 0.141 e. The maximum atomic E-state index is 13.2. The van der Waals surface area contributed by atoms with Crippen LogP contribution in [0.3, 0.4) is 0 Å². The molecule has 3 rings (SSSR count). The second-order valence-electron chi connectivity index (χ2n) is 5.30. The molecule has 1 aliphatic heterocycles. The molecule has 0 amide bonds. The van der Waals surface area contributed by atoms with E-state index in [2.05, 4.69) is 10.2 Å². The first-order valence-electron chi connectivity index (χ1n) is 6.67. The van der Waals surface area contributed by atoms with E-state index in [4.69, 9.17) is 11.6 Å². The molecule has 2 nitrogen and oxygen atoms in total. The lowest BCUT2D eigenvalue weighted by Crippen LogP contribution is -2.39. The van der Waals surface area contributed by atoms with E-state index >= 15 is 0 Å². The van der Waals surface area contributed by atoms with Gasteiger partial charge in [0, 0.05) is 24.8 Å². The molecule has 1 saturated carbocycles. The van der Waals surface area contributed by atoms with Gasteiger partial charge in [0.2, 0.25) is 0 Å². The minimum absolute atomic E-state index is 0.215. The average Bonchev–Trinajstić information content (AvgIpc) is 3.16.